The number of hydrogen-bond acceptors (Lipinski definition) is 5. The monoisotopic (exact) mass is 443 g/mol. The van der Waals surface area contributed by atoms with E-state index in [-0.39, 0.29) is 35.3 Å². The quantitative estimate of drug-likeness (QED) is 0.644. The van der Waals surface area contributed by atoms with Crippen LogP contribution in [-0.2, 0) is 19.9 Å². The number of amides is 3. The van der Waals surface area contributed by atoms with E-state index in [9.17, 15) is 18.8 Å². The Hall–Kier alpha value is -2.59. The molecular formula is C19H23ClFN3O6. The molecular weight excluding hydrogens is 421 g/mol. The zero-order valence-corrected chi connectivity index (χ0v) is 17.3. The fraction of sp³-hybridized carbons (Fsp3) is 0.526. The van der Waals surface area contributed by atoms with Gasteiger partial charge in [0.1, 0.15) is 6.04 Å². The van der Waals surface area contributed by atoms with E-state index < -0.39 is 35.6 Å². The number of hydrogen-bond donors (Lipinski definition) is 3. The lowest BCUT2D eigenvalue weighted by atomic mass is 9.82. The maximum atomic E-state index is 14.9. The van der Waals surface area contributed by atoms with E-state index in [0.29, 0.717) is 19.4 Å². The van der Waals surface area contributed by atoms with Crippen molar-refractivity contribution in [2.45, 2.75) is 43.9 Å². The van der Waals surface area contributed by atoms with E-state index in [0.717, 1.165) is 0 Å². The van der Waals surface area contributed by atoms with Gasteiger partial charge in [-0.3, -0.25) is 10.1 Å². The topological polar surface area (TPSA) is 117 Å². The van der Waals surface area contributed by atoms with Crippen LogP contribution in [0.15, 0.2) is 12.1 Å². The first kappa shape index (κ1) is 22.1. The van der Waals surface area contributed by atoms with Gasteiger partial charge in [0.15, 0.2) is 11.4 Å². The molecule has 164 valence electrons. The van der Waals surface area contributed by atoms with Gasteiger partial charge < -0.3 is 24.8 Å². The van der Waals surface area contributed by atoms with E-state index in [1.54, 1.807) is 6.92 Å². The molecule has 30 heavy (non-hydrogen) atoms. The van der Waals surface area contributed by atoms with Gasteiger partial charge in [-0.25, -0.2) is 14.0 Å². The summed E-state index contributed by atoms with van der Waals surface area (Å²) in [7, 11) is 1.46. The normalized spacial score (nSPS) is 22.5. The predicted molar refractivity (Wildman–Crippen MR) is 105 cm³/mol. The van der Waals surface area contributed by atoms with Gasteiger partial charge in [0.05, 0.1) is 28.9 Å². The van der Waals surface area contributed by atoms with Crippen LogP contribution in [0.3, 0.4) is 0 Å². The van der Waals surface area contributed by atoms with E-state index in [1.807, 2.05) is 0 Å². The van der Waals surface area contributed by atoms with Crippen LogP contribution in [0.1, 0.15) is 31.7 Å². The summed E-state index contributed by atoms with van der Waals surface area (Å²) in [4.78, 5) is 37.8. The molecule has 1 aromatic rings. The fourth-order valence-electron chi connectivity index (χ4n) is 3.98. The summed E-state index contributed by atoms with van der Waals surface area (Å²) in [6.45, 7) is 1.90. The largest absolute Gasteiger partial charge is 0.465 e. The summed E-state index contributed by atoms with van der Waals surface area (Å²) in [5, 5.41) is 13.7. The number of methoxy groups -OCH3 is 1. The van der Waals surface area contributed by atoms with Crippen molar-refractivity contribution in [2.75, 3.05) is 25.5 Å². The van der Waals surface area contributed by atoms with Crippen LogP contribution in [0.2, 0.25) is 5.02 Å². The first-order chi connectivity index (χ1) is 14.2. The molecule has 0 saturated carbocycles. The third kappa shape index (κ3) is 4.29. The third-order valence-corrected chi connectivity index (χ3v) is 5.70. The maximum Gasteiger partial charge on any atom is 0.412 e. The molecule has 3 rings (SSSR count). The Bertz CT molecular complexity index is 869. The highest BCUT2D eigenvalue weighted by atomic mass is 35.5. The number of carbonyl (C=O) groups excluding carboxylic acids is 2. The molecule has 1 spiro atoms. The molecule has 3 amide bonds. The molecule has 1 saturated heterocycles. The Balaban J connectivity index is 1.93. The molecule has 0 aromatic heterocycles. The molecule has 1 aromatic carbocycles. The lowest BCUT2D eigenvalue weighted by Crippen LogP contribution is -2.57. The fourth-order valence-corrected chi connectivity index (χ4v) is 4.14. The molecule has 9 nitrogen and oxygen atoms in total. The molecule has 2 aliphatic heterocycles. The van der Waals surface area contributed by atoms with Crippen LogP contribution in [0, 0.1) is 5.82 Å². The number of anilines is 1. The lowest BCUT2D eigenvalue weighted by molar-refractivity contribution is -0.142. The number of halogens is 2. The zero-order chi connectivity index (χ0) is 22.1. The number of rotatable bonds is 5. The van der Waals surface area contributed by atoms with Crippen LogP contribution in [0.4, 0.5) is 19.7 Å². The molecule has 0 aliphatic carbocycles. The van der Waals surface area contributed by atoms with Gasteiger partial charge in [-0.1, -0.05) is 11.6 Å². The number of carboxylic acid groups (broad SMARTS) is 1. The first-order valence-electron chi connectivity index (χ1n) is 9.46. The smallest absolute Gasteiger partial charge is 0.412 e. The Labute approximate surface area is 177 Å². The second kappa shape index (κ2) is 8.65. The second-order valence-electron chi connectivity index (χ2n) is 7.44. The van der Waals surface area contributed by atoms with Crippen molar-refractivity contribution in [3.63, 3.8) is 0 Å². The Morgan fingerprint density at radius 2 is 2.23 bits per heavy atom. The maximum absolute atomic E-state index is 14.9. The standard InChI is InChI=1S/C19H23ClFN3O6/c1-10(29-2)8-13(22-17(26)27)16(25)24-7-3-6-19(9-24)14-12(23-18(28)30-19)5-4-11(20)15(14)21/h4-5,10,13,22H,3,6-9H2,1-2H3,(H,23,28)(H,26,27)/t10-,13-,19?/m0/s1. The minimum absolute atomic E-state index is 0.0834. The Morgan fingerprint density at radius 3 is 2.90 bits per heavy atom. The van der Waals surface area contributed by atoms with Gasteiger partial charge in [0.25, 0.3) is 0 Å². The number of fused-ring (bicyclic) bond motifs is 2. The van der Waals surface area contributed by atoms with Crippen LogP contribution < -0.4 is 10.6 Å². The van der Waals surface area contributed by atoms with Crippen molar-refractivity contribution >= 4 is 35.4 Å². The lowest BCUT2D eigenvalue weighted by Gasteiger charge is -2.45. The van der Waals surface area contributed by atoms with E-state index in [2.05, 4.69) is 10.6 Å². The molecule has 11 heteroatoms. The third-order valence-electron chi connectivity index (χ3n) is 5.41. The van der Waals surface area contributed by atoms with Crippen molar-refractivity contribution < 1.29 is 33.4 Å². The summed E-state index contributed by atoms with van der Waals surface area (Å²) in [6.07, 6.45) is -1.66. The number of benzene rings is 1. The highest BCUT2D eigenvalue weighted by Gasteiger charge is 2.49. The number of nitrogens with zero attached hydrogens (tertiary/aromatic N) is 1. The molecule has 3 N–H and O–H groups in total. The number of piperidine rings is 1. The van der Waals surface area contributed by atoms with Crippen LogP contribution in [0.5, 0.6) is 0 Å². The van der Waals surface area contributed by atoms with E-state index >= 15 is 0 Å². The summed E-state index contributed by atoms with van der Waals surface area (Å²) < 4.78 is 25.6. The summed E-state index contributed by atoms with van der Waals surface area (Å²) in [6, 6.07) is 1.76. The minimum Gasteiger partial charge on any atom is -0.465 e. The molecule has 0 bridgehead atoms. The number of carbonyl (C=O) groups is 3. The summed E-state index contributed by atoms with van der Waals surface area (Å²) in [5.41, 5.74) is -1.10. The van der Waals surface area contributed by atoms with E-state index in [4.69, 9.17) is 26.2 Å². The van der Waals surface area contributed by atoms with Gasteiger partial charge in [-0.15, -0.1) is 0 Å². The molecule has 2 heterocycles. The van der Waals surface area contributed by atoms with Gasteiger partial charge in [-0.2, -0.15) is 0 Å². The number of ether oxygens (including phenoxy) is 2. The zero-order valence-electron chi connectivity index (χ0n) is 16.5. The average molecular weight is 444 g/mol. The van der Waals surface area contributed by atoms with Crippen molar-refractivity contribution in [2.24, 2.45) is 0 Å². The molecule has 2 aliphatic rings. The summed E-state index contributed by atoms with van der Waals surface area (Å²) in [5.74, 6) is -1.23. The van der Waals surface area contributed by atoms with Crippen molar-refractivity contribution in [1.82, 2.24) is 10.2 Å². The Morgan fingerprint density at radius 1 is 1.50 bits per heavy atom. The predicted octanol–water partition coefficient (Wildman–Crippen LogP) is 2.92. The van der Waals surface area contributed by atoms with Crippen LogP contribution in [0.25, 0.3) is 0 Å². The summed E-state index contributed by atoms with van der Waals surface area (Å²) >= 11 is 5.95. The SMILES string of the molecule is CO[C@@H](C)C[C@H](NC(=O)O)C(=O)N1CCCC2(C1)OC(=O)Nc1ccc(Cl)c(F)c12. The van der Waals surface area contributed by atoms with Crippen molar-refractivity contribution in [3.05, 3.63) is 28.5 Å². The minimum atomic E-state index is -1.42. The molecule has 3 atom stereocenters. The van der Waals surface area contributed by atoms with Gasteiger partial charge >= 0.3 is 12.2 Å². The van der Waals surface area contributed by atoms with Crippen LogP contribution >= 0.6 is 11.6 Å². The van der Waals surface area contributed by atoms with Gasteiger partial charge in [0, 0.05) is 20.1 Å². The number of nitrogens with one attached hydrogen (secondary N) is 2. The van der Waals surface area contributed by atoms with Crippen molar-refractivity contribution in [3.8, 4) is 0 Å². The van der Waals surface area contributed by atoms with Crippen molar-refractivity contribution in [1.29, 1.82) is 0 Å². The highest BCUT2D eigenvalue weighted by Crippen LogP contribution is 2.45. The second-order valence-corrected chi connectivity index (χ2v) is 7.85. The first-order valence-corrected chi connectivity index (χ1v) is 9.84. The Kier molecular flexibility index (Phi) is 6.37. The van der Waals surface area contributed by atoms with Crippen LogP contribution in [-0.4, -0.2) is 60.4 Å². The van der Waals surface area contributed by atoms with E-state index in [1.165, 1.54) is 24.1 Å². The average Bonchev–Trinajstić information content (AvgIpc) is 2.69. The highest BCUT2D eigenvalue weighted by molar-refractivity contribution is 6.31. The molecule has 1 fully saturated rings. The van der Waals surface area contributed by atoms with Gasteiger partial charge in [0.2, 0.25) is 5.91 Å². The molecule has 0 radical (unpaired) electrons. The molecule has 1 unspecified atom stereocenters. The number of likely N-dealkylation sites (tertiary alicyclic amines) is 1. The van der Waals surface area contributed by atoms with Gasteiger partial charge in [-0.05, 0) is 31.9 Å².